The summed E-state index contributed by atoms with van der Waals surface area (Å²) < 4.78 is 51.1. The van der Waals surface area contributed by atoms with E-state index in [-0.39, 0.29) is 41.8 Å². The molecule has 2 amide bonds. The molecule has 1 atom stereocenters. The Bertz CT molecular complexity index is 1290. The molecule has 2 aliphatic heterocycles. The van der Waals surface area contributed by atoms with Gasteiger partial charge in [0.25, 0.3) is 0 Å². The van der Waals surface area contributed by atoms with Crippen LogP contribution in [0.4, 0.5) is 14.2 Å². The maximum atomic E-state index is 13.4. The molecule has 4 rings (SSSR count). The van der Waals surface area contributed by atoms with Gasteiger partial charge in [-0.2, -0.15) is 4.31 Å². The topological polar surface area (TPSA) is 122 Å². The molecule has 1 aromatic carbocycles. The highest BCUT2D eigenvalue weighted by atomic mass is 32.2. The highest BCUT2D eigenvalue weighted by Crippen LogP contribution is 2.38. The summed E-state index contributed by atoms with van der Waals surface area (Å²) in [6.07, 6.45) is 0.683. The van der Waals surface area contributed by atoms with E-state index in [1.807, 2.05) is 0 Å². The Labute approximate surface area is 218 Å². The van der Waals surface area contributed by atoms with E-state index in [0.29, 0.717) is 31.4 Å². The number of esters is 1. The van der Waals surface area contributed by atoms with Gasteiger partial charge in [0.2, 0.25) is 15.9 Å². The van der Waals surface area contributed by atoms with Crippen LogP contribution < -0.4 is 5.32 Å². The van der Waals surface area contributed by atoms with E-state index >= 15 is 0 Å². The van der Waals surface area contributed by atoms with Crippen LogP contribution in [0.25, 0.3) is 0 Å². The van der Waals surface area contributed by atoms with Gasteiger partial charge in [-0.1, -0.05) is 0 Å². The first-order valence-corrected chi connectivity index (χ1v) is 14.2. The van der Waals surface area contributed by atoms with Crippen molar-refractivity contribution >= 4 is 44.3 Å². The summed E-state index contributed by atoms with van der Waals surface area (Å²) in [4.78, 5) is 40.6. The van der Waals surface area contributed by atoms with E-state index in [9.17, 15) is 27.2 Å². The van der Waals surface area contributed by atoms with Gasteiger partial charge in [-0.05, 0) is 62.9 Å². The van der Waals surface area contributed by atoms with E-state index in [2.05, 4.69) is 5.32 Å². The van der Waals surface area contributed by atoms with Crippen LogP contribution in [0.1, 0.15) is 47.5 Å². The Kier molecular flexibility index (Phi) is 8.14. The number of nitrogens with zero attached hydrogens (tertiary/aromatic N) is 2. The first-order valence-electron chi connectivity index (χ1n) is 12.0. The number of nitrogens with one attached hydrogen (secondary N) is 1. The third-order valence-electron chi connectivity index (χ3n) is 6.23. The molecule has 1 saturated heterocycles. The van der Waals surface area contributed by atoms with E-state index in [4.69, 9.17) is 9.47 Å². The quantitative estimate of drug-likeness (QED) is 0.522. The highest BCUT2D eigenvalue weighted by Gasteiger charge is 2.40. The average Bonchev–Trinajstić information content (AvgIpc) is 3.49. The second-order valence-electron chi connectivity index (χ2n) is 8.52. The van der Waals surface area contributed by atoms with Crippen LogP contribution in [0.2, 0.25) is 0 Å². The minimum absolute atomic E-state index is 0.105. The predicted molar refractivity (Wildman–Crippen MR) is 133 cm³/mol. The number of benzene rings is 1. The fraction of sp³-hybridized carbons (Fsp3) is 0.458. The van der Waals surface area contributed by atoms with Gasteiger partial charge in [0, 0.05) is 18.0 Å². The van der Waals surface area contributed by atoms with Crippen LogP contribution in [-0.4, -0.2) is 67.9 Å². The first-order chi connectivity index (χ1) is 17.7. The first kappa shape index (κ1) is 27.0. The van der Waals surface area contributed by atoms with Crippen LogP contribution in [-0.2, 0) is 37.3 Å². The molecule has 1 N–H and O–H groups in total. The molecule has 0 bridgehead atoms. The largest absolute Gasteiger partial charge is 0.462 e. The second kappa shape index (κ2) is 11.2. The number of thiophene rings is 1. The average molecular weight is 554 g/mol. The molecule has 1 unspecified atom stereocenters. The molecule has 0 radical (unpaired) electrons. The van der Waals surface area contributed by atoms with Crippen molar-refractivity contribution in [1.29, 1.82) is 0 Å². The number of ether oxygens (including phenoxy) is 2. The molecular weight excluding hydrogens is 525 g/mol. The zero-order valence-corrected chi connectivity index (χ0v) is 22.1. The molecule has 200 valence electrons. The van der Waals surface area contributed by atoms with Crippen molar-refractivity contribution in [3.05, 3.63) is 46.1 Å². The number of sulfonamides is 1. The Hall–Kier alpha value is -3.03. The van der Waals surface area contributed by atoms with Crippen molar-refractivity contribution < 1.29 is 36.7 Å². The lowest BCUT2D eigenvalue weighted by Crippen LogP contribution is -2.43. The highest BCUT2D eigenvalue weighted by molar-refractivity contribution is 7.89. The summed E-state index contributed by atoms with van der Waals surface area (Å²) in [5.41, 5.74) is 0.922. The number of halogens is 1. The Morgan fingerprint density at radius 1 is 1.11 bits per heavy atom. The van der Waals surface area contributed by atoms with E-state index in [1.54, 1.807) is 13.8 Å². The summed E-state index contributed by atoms with van der Waals surface area (Å²) in [6, 6.07) is 3.44. The molecule has 10 nitrogen and oxygen atoms in total. The molecule has 2 aliphatic rings. The van der Waals surface area contributed by atoms with Gasteiger partial charge in [-0.25, -0.2) is 22.4 Å². The molecule has 0 aliphatic carbocycles. The summed E-state index contributed by atoms with van der Waals surface area (Å²) in [7, 11) is -4.04. The summed E-state index contributed by atoms with van der Waals surface area (Å²) >= 11 is 1.16. The number of carbonyl (C=O) groups is 3. The fourth-order valence-corrected chi connectivity index (χ4v) is 7.42. The molecule has 1 aromatic heterocycles. The van der Waals surface area contributed by atoms with Crippen molar-refractivity contribution in [1.82, 2.24) is 9.21 Å². The maximum absolute atomic E-state index is 13.4. The third kappa shape index (κ3) is 5.48. The number of hydrogen-bond donors (Lipinski definition) is 1. The second-order valence-corrected chi connectivity index (χ2v) is 11.5. The van der Waals surface area contributed by atoms with Crippen molar-refractivity contribution in [3.8, 4) is 0 Å². The Morgan fingerprint density at radius 2 is 1.81 bits per heavy atom. The monoisotopic (exact) mass is 553 g/mol. The number of carbonyl (C=O) groups excluding carboxylic acids is 3. The van der Waals surface area contributed by atoms with Gasteiger partial charge >= 0.3 is 12.1 Å². The number of hydrogen-bond acceptors (Lipinski definition) is 8. The number of amides is 2. The van der Waals surface area contributed by atoms with Crippen molar-refractivity contribution in [2.24, 2.45) is 0 Å². The predicted octanol–water partition coefficient (Wildman–Crippen LogP) is 3.37. The molecule has 3 heterocycles. The zero-order chi connectivity index (χ0) is 26.7. The van der Waals surface area contributed by atoms with Crippen LogP contribution in [0, 0.1) is 5.82 Å². The van der Waals surface area contributed by atoms with E-state index < -0.39 is 39.9 Å². The smallest absolute Gasteiger partial charge is 0.410 e. The standard InChI is InChI=1S/C24H28FN3O7S2/c1-3-34-23(30)20-17-11-13-27(24(31)35-4-2)14-19(17)36-22(20)26-21(29)18-6-5-12-28(18)37(32,33)16-9-7-15(25)8-10-16/h7-10,18H,3-6,11-14H2,1-2H3,(H,26,29). The lowest BCUT2D eigenvalue weighted by Gasteiger charge is -2.26. The van der Waals surface area contributed by atoms with Gasteiger partial charge in [-0.15, -0.1) is 11.3 Å². The molecule has 0 spiro atoms. The molecule has 13 heteroatoms. The van der Waals surface area contributed by atoms with Crippen LogP contribution in [0.15, 0.2) is 29.2 Å². The fourth-order valence-electron chi connectivity index (χ4n) is 4.51. The van der Waals surface area contributed by atoms with Crippen molar-refractivity contribution in [2.75, 3.05) is 31.6 Å². The number of rotatable bonds is 7. The van der Waals surface area contributed by atoms with E-state index in [1.165, 1.54) is 17.0 Å². The summed E-state index contributed by atoms with van der Waals surface area (Å²) in [5, 5.41) is 3.01. The van der Waals surface area contributed by atoms with Crippen LogP contribution in [0.3, 0.4) is 0 Å². The minimum atomic E-state index is -4.04. The molecule has 2 aromatic rings. The zero-order valence-electron chi connectivity index (χ0n) is 20.5. The lowest BCUT2D eigenvalue weighted by molar-refractivity contribution is -0.119. The minimum Gasteiger partial charge on any atom is -0.462 e. The Balaban J connectivity index is 1.60. The summed E-state index contributed by atoms with van der Waals surface area (Å²) in [6.45, 7) is 4.46. The van der Waals surface area contributed by atoms with Crippen LogP contribution >= 0.6 is 11.3 Å². The third-order valence-corrected chi connectivity index (χ3v) is 9.28. The summed E-state index contributed by atoms with van der Waals surface area (Å²) in [5.74, 6) is -1.74. The molecule has 0 saturated carbocycles. The maximum Gasteiger partial charge on any atom is 0.410 e. The van der Waals surface area contributed by atoms with Gasteiger partial charge in [0.1, 0.15) is 16.9 Å². The van der Waals surface area contributed by atoms with E-state index in [0.717, 1.165) is 32.7 Å². The number of fused-ring (bicyclic) bond motifs is 1. The van der Waals surface area contributed by atoms with Gasteiger partial charge in [-0.3, -0.25) is 4.79 Å². The number of anilines is 1. The Morgan fingerprint density at radius 3 is 2.49 bits per heavy atom. The lowest BCUT2D eigenvalue weighted by atomic mass is 10.0. The van der Waals surface area contributed by atoms with Gasteiger partial charge in [0.05, 0.1) is 30.2 Å². The van der Waals surface area contributed by atoms with Crippen molar-refractivity contribution in [3.63, 3.8) is 0 Å². The normalized spacial score (nSPS) is 17.8. The molecule has 37 heavy (non-hydrogen) atoms. The SMILES string of the molecule is CCOC(=O)c1c(NC(=O)C2CCCN2S(=O)(=O)c2ccc(F)cc2)sc2c1CCN(C(=O)OCC)C2. The van der Waals surface area contributed by atoms with Crippen LogP contribution in [0.5, 0.6) is 0 Å². The van der Waals surface area contributed by atoms with Crippen molar-refractivity contribution in [2.45, 2.75) is 50.6 Å². The molecule has 1 fully saturated rings. The van der Waals surface area contributed by atoms with Gasteiger partial charge < -0.3 is 19.7 Å². The van der Waals surface area contributed by atoms with Gasteiger partial charge in [0.15, 0.2) is 0 Å². The molecular formula is C24H28FN3O7S2.